The Morgan fingerprint density at radius 3 is 2.21 bits per heavy atom. The van der Waals surface area contributed by atoms with E-state index in [1.807, 2.05) is 49.7 Å². The van der Waals surface area contributed by atoms with Gasteiger partial charge in [-0.3, -0.25) is 14.3 Å². The van der Waals surface area contributed by atoms with Gasteiger partial charge in [0, 0.05) is 24.1 Å². The van der Waals surface area contributed by atoms with Crippen LogP contribution >= 0.6 is 0 Å². The molecule has 9 heteroatoms. The van der Waals surface area contributed by atoms with Gasteiger partial charge >= 0.3 is 0 Å². The van der Waals surface area contributed by atoms with Crippen molar-refractivity contribution in [1.82, 2.24) is 14.5 Å². The zero-order valence-electron chi connectivity index (χ0n) is 22.2. The van der Waals surface area contributed by atoms with Gasteiger partial charge in [0.05, 0.1) is 21.8 Å². The third-order valence-corrected chi connectivity index (χ3v) is 7.78. The monoisotopic (exact) mass is 544 g/mol. The molecule has 3 aromatic carbocycles. The molecule has 0 fully saturated rings. The Labute approximate surface area is 228 Å². The van der Waals surface area contributed by atoms with E-state index in [1.54, 1.807) is 48.5 Å². The summed E-state index contributed by atoms with van der Waals surface area (Å²) in [7, 11) is -4.14. The molecule has 1 aromatic heterocycles. The lowest BCUT2D eigenvalue weighted by atomic mass is 9.98. The van der Waals surface area contributed by atoms with Gasteiger partial charge in [0.1, 0.15) is 0 Å². The van der Waals surface area contributed by atoms with Gasteiger partial charge in [0.15, 0.2) is 0 Å². The fraction of sp³-hybridized carbons (Fsp3) is 0.233. The summed E-state index contributed by atoms with van der Waals surface area (Å²) in [5.74, 6) is -1.15. The normalized spacial score (nSPS) is 11.5. The number of nitrogens with zero attached hydrogens (tertiary/aromatic N) is 2. The van der Waals surface area contributed by atoms with E-state index >= 15 is 0 Å². The molecule has 0 aliphatic rings. The molecule has 8 nitrogen and oxygen atoms in total. The number of aryl methyl sites for hydroxylation is 1. The van der Waals surface area contributed by atoms with Crippen molar-refractivity contribution in [3.63, 3.8) is 0 Å². The molecular weight excluding hydrogens is 512 g/mol. The average molecular weight is 545 g/mol. The molecule has 0 saturated heterocycles. The molecule has 4 rings (SSSR count). The number of nitrogens with two attached hydrogens (primary N) is 1. The lowest BCUT2D eigenvalue weighted by molar-refractivity contribution is 0.0977. The Bertz CT molecular complexity index is 1590. The molecule has 0 bridgehead atoms. The van der Waals surface area contributed by atoms with Crippen LogP contribution in [0.15, 0.2) is 83.8 Å². The van der Waals surface area contributed by atoms with E-state index in [9.17, 15) is 18.0 Å². The molecule has 2 amide bonds. The van der Waals surface area contributed by atoms with Crippen molar-refractivity contribution in [2.75, 3.05) is 0 Å². The molecule has 202 valence electrons. The minimum atomic E-state index is -4.14. The number of hydrogen-bond acceptors (Lipinski definition) is 5. The second-order valence-corrected chi connectivity index (χ2v) is 11.3. The summed E-state index contributed by atoms with van der Waals surface area (Å²) in [4.78, 5) is 24.9. The third kappa shape index (κ3) is 6.09. The summed E-state index contributed by atoms with van der Waals surface area (Å²) < 4.78 is 30.4. The van der Waals surface area contributed by atoms with Crippen molar-refractivity contribution in [2.45, 2.75) is 51.0 Å². The van der Waals surface area contributed by atoms with Crippen LogP contribution in [0.3, 0.4) is 0 Å². The molecule has 4 aromatic rings. The van der Waals surface area contributed by atoms with Crippen molar-refractivity contribution in [3.05, 3.63) is 107 Å². The van der Waals surface area contributed by atoms with Crippen LogP contribution in [-0.4, -0.2) is 30.0 Å². The highest BCUT2D eigenvalue weighted by molar-refractivity contribution is 7.90. The van der Waals surface area contributed by atoms with Crippen molar-refractivity contribution < 1.29 is 18.0 Å². The van der Waals surface area contributed by atoms with E-state index in [-0.39, 0.29) is 16.4 Å². The van der Waals surface area contributed by atoms with Crippen LogP contribution in [0.25, 0.3) is 11.1 Å². The first-order chi connectivity index (χ1) is 18.6. The lowest BCUT2D eigenvalue weighted by Crippen LogP contribution is -2.30. The number of carbonyl (C=O) groups is 2. The number of amides is 2. The van der Waals surface area contributed by atoms with Crippen LogP contribution in [0.5, 0.6) is 0 Å². The van der Waals surface area contributed by atoms with E-state index < -0.39 is 21.8 Å². The maximum absolute atomic E-state index is 13.2. The number of sulfonamides is 1. The quantitative estimate of drug-likeness (QED) is 0.294. The number of carbonyl (C=O) groups excluding carboxylic acids is 2. The number of nitrogens with one attached hydrogen (secondary N) is 1. The minimum Gasteiger partial charge on any atom is -0.365 e. The van der Waals surface area contributed by atoms with Gasteiger partial charge in [-0.1, -0.05) is 81.4 Å². The fourth-order valence-corrected chi connectivity index (χ4v) is 5.73. The zero-order valence-corrected chi connectivity index (χ0v) is 23.0. The molecule has 0 unspecified atom stereocenters. The summed E-state index contributed by atoms with van der Waals surface area (Å²) in [5.41, 5.74) is 10.0. The molecule has 3 N–H and O–H groups in total. The van der Waals surface area contributed by atoms with Gasteiger partial charge in [0.2, 0.25) is 0 Å². The highest BCUT2D eigenvalue weighted by Gasteiger charge is 2.25. The van der Waals surface area contributed by atoms with Crippen LogP contribution in [0.4, 0.5) is 0 Å². The highest BCUT2D eigenvalue weighted by Crippen LogP contribution is 2.29. The molecule has 1 heterocycles. The SMILES string of the molecule is CCCn1nc(C(C)C)c(C(N)=O)c1Cc1ccc(-c2ccccc2S(=O)(=O)NC(=O)c2ccccc2)cc1. The van der Waals surface area contributed by atoms with E-state index in [0.717, 1.165) is 17.7 Å². The van der Waals surface area contributed by atoms with Gasteiger partial charge in [-0.25, -0.2) is 13.1 Å². The van der Waals surface area contributed by atoms with Crippen molar-refractivity contribution in [2.24, 2.45) is 5.73 Å². The predicted octanol–water partition coefficient (Wildman–Crippen LogP) is 4.89. The Balaban J connectivity index is 1.64. The van der Waals surface area contributed by atoms with Crippen LogP contribution in [0.2, 0.25) is 0 Å². The second kappa shape index (κ2) is 11.7. The van der Waals surface area contributed by atoms with Crippen LogP contribution in [0.1, 0.15) is 70.8 Å². The molecule has 0 saturated carbocycles. The zero-order chi connectivity index (χ0) is 28.2. The minimum absolute atomic E-state index is 0.000596. The van der Waals surface area contributed by atoms with E-state index in [2.05, 4.69) is 9.82 Å². The summed E-state index contributed by atoms with van der Waals surface area (Å²) in [6.07, 6.45) is 1.31. The third-order valence-electron chi connectivity index (χ3n) is 6.39. The first kappa shape index (κ1) is 27.8. The summed E-state index contributed by atoms with van der Waals surface area (Å²) in [6, 6.07) is 22.2. The Morgan fingerprint density at radius 2 is 1.59 bits per heavy atom. The Morgan fingerprint density at radius 1 is 0.949 bits per heavy atom. The first-order valence-electron chi connectivity index (χ1n) is 12.8. The molecule has 0 spiro atoms. The van der Waals surface area contributed by atoms with Crippen LogP contribution in [-0.2, 0) is 23.0 Å². The molecule has 39 heavy (non-hydrogen) atoms. The van der Waals surface area contributed by atoms with Gasteiger partial charge in [-0.15, -0.1) is 0 Å². The first-order valence-corrected chi connectivity index (χ1v) is 14.3. The topological polar surface area (TPSA) is 124 Å². The number of hydrogen-bond donors (Lipinski definition) is 2. The Kier molecular flexibility index (Phi) is 8.30. The van der Waals surface area contributed by atoms with E-state index in [4.69, 9.17) is 5.73 Å². The fourth-order valence-electron chi connectivity index (χ4n) is 4.53. The molecule has 0 radical (unpaired) electrons. The largest absolute Gasteiger partial charge is 0.365 e. The van der Waals surface area contributed by atoms with E-state index in [0.29, 0.717) is 35.3 Å². The predicted molar refractivity (Wildman–Crippen MR) is 151 cm³/mol. The molecule has 0 aliphatic carbocycles. The van der Waals surface area contributed by atoms with Crippen LogP contribution in [0, 0.1) is 0 Å². The summed E-state index contributed by atoms with van der Waals surface area (Å²) in [6.45, 7) is 6.68. The molecule has 0 aliphatic heterocycles. The second-order valence-electron chi connectivity index (χ2n) is 9.62. The lowest BCUT2D eigenvalue weighted by Gasteiger charge is -2.13. The number of aromatic nitrogens is 2. The maximum Gasteiger partial charge on any atom is 0.264 e. The van der Waals surface area contributed by atoms with Gasteiger partial charge in [0.25, 0.3) is 21.8 Å². The number of rotatable bonds is 10. The molecule has 0 atom stereocenters. The average Bonchev–Trinajstić information content (AvgIpc) is 3.28. The van der Waals surface area contributed by atoms with Crippen LogP contribution < -0.4 is 10.5 Å². The highest BCUT2D eigenvalue weighted by atomic mass is 32.2. The van der Waals surface area contributed by atoms with Crippen molar-refractivity contribution >= 4 is 21.8 Å². The molecular formula is C30H32N4O4S. The smallest absolute Gasteiger partial charge is 0.264 e. The summed E-state index contributed by atoms with van der Waals surface area (Å²) >= 11 is 0. The van der Waals surface area contributed by atoms with E-state index in [1.165, 1.54) is 6.07 Å². The Hall–Kier alpha value is -4.24. The standard InChI is InChI=1S/C30H32N4O4S/c1-4-18-34-25(27(29(31)35)28(32-34)20(2)3)19-21-14-16-22(17-15-21)24-12-8-9-13-26(24)39(37,38)33-30(36)23-10-6-5-7-11-23/h5-17,20H,4,18-19H2,1-3H3,(H2,31,35)(H,33,36). The van der Waals surface area contributed by atoms with Crippen molar-refractivity contribution in [1.29, 1.82) is 0 Å². The van der Waals surface area contributed by atoms with Gasteiger partial charge in [-0.2, -0.15) is 5.10 Å². The number of primary amides is 1. The van der Waals surface area contributed by atoms with Crippen molar-refractivity contribution in [3.8, 4) is 11.1 Å². The van der Waals surface area contributed by atoms with Gasteiger partial charge < -0.3 is 5.73 Å². The number of benzene rings is 3. The summed E-state index contributed by atoms with van der Waals surface area (Å²) in [5, 5.41) is 4.68. The maximum atomic E-state index is 13.2. The van der Waals surface area contributed by atoms with Gasteiger partial charge in [-0.05, 0) is 41.7 Å².